The number of hydrogen-bond donors (Lipinski definition) is 4. The minimum absolute atomic E-state index is 0.0250. The molecule has 1 aliphatic heterocycles. The number of aromatic nitrogens is 4. The molecule has 5 N–H and O–H groups in total. The highest BCUT2D eigenvalue weighted by molar-refractivity contribution is 8.00. The van der Waals surface area contributed by atoms with E-state index in [1.54, 1.807) is 4.57 Å². The molecule has 124 valence electrons. The number of fused-ring (bicyclic) bond motifs is 1. The highest BCUT2D eigenvalue weighted by Crippen LogP contribution is 2.43. The van der Waals surface area contributed by atoms with Gasteiger partial charge >= 0.3 is 6.09 Å². The number of alkyl carbamates (subject to hydrolysis) is 1. The Hall–Kier alpha value is -2.11. The van der Waals surface area contributed by atoms with E-state index in [-0.39, 0.29) is 12.4 Å². The van der Waals surface area contributed by atoms with Gasteiger partial charge in [0.2, 0.25) is 0 Å². The van der Waals surface area contributed by atoms with Crippen LogP contribution in [0.1, 0.15) is 5.37 Å². The van der Waals surface area contributed by atoms with E-state index in [1.165, 1.54) is 31.5 Å². The Morgan fingerprint density at radius 3 is 2.96 bits per heavy atom. The number of nitrogens with zero attached hydrogens (tertiary/aromatic N) is 4. The lowest BCUT2D eigenvalue weighted by Gasteiger charge is -2.16. The molecule has 1 aliphatic rings. The number of anilines is 1. The number of thioether (sulfide) groups is 1. The van der Waals surface area contributed by atoms with Gasteiger partial charge in [-0.3, -0.25) is 4.57 Å². The first-order valence-electron chi connectivity index (χ1n) is 6.82. The van der Waals surface area contributed by atoms with Gasteiger partial charge in [0.15, 0.2) is 11.5 Å². The van der Waals surface area contributed by atoms with E-state index in [1.807, 2.05) is 0 Å². The molecule has 23 heavy (non-hydrogen) atoms. The van der Waals surface area contributed by atoms with Crippen LogP contribution in [0.2, 0.25) is 0 Å². The molecular weight excluding hydrogens is 324 g/mol. The lowest BCUT2D eigenvalue weighted by molar-refractivity contribution is 0.00950. The second kappa shape index (κ2) is 6.18. The molecule has 0 saturated carbocycles. The molecule has 0 bridgehead atoms. The molecule has 3 heterocycles. The summed E-state index contributed by atoms with van der Waals surface area (Å²) in [7, 11) is 1.44. The Bertz CT molecular complexity index is 725. The molecule has 0 aromatic carbocycles. The first-order chi connectivity index (χ1) is 11.0. The van der Waals surface area contributed by atoms with Gasteiger partial charge in [-0.15, -0.1) is 11.8 Å². The average Bonchev–Trinajstić information content (AvgIpc) is 3.09. The van der Waals surface area contributed by atoms with Crippen molar-refractivity contribution >= 4 is 34.8 Å². The first-order valence-corrected chi connectivity index (χ1v) is 7.76. The smallest absolute Gasteiger partial charge is 0.406 e. The van der Waals surface area contributed by atoms with Crippen LogP contribution >= 0.6 is 11.8 Å². The Kier molecular flexibility index (Phi) is 4.24. The van der Waals surface area contributed by atoms with Crippen LogP contribution in [0.5, 0.6) is 0 Å². The minimum Gasteiger partial charge on any atom is -0.448 e. The number of amides is 1. The van der Waals surface area contributed by atoms with Crippen molar-refractivity contribution in [3.8, 4) is 0 Å². The number of aliphatic hydroxyl groups excluding tert-OH is 2. The fraction of sp³-hybridized carbons (Fsp3) is 0.500. The van der Waals surface area contributed by atoms with E-state index < -0.39 is 28.9 Å². The number of nitrogens with two attached hydrogens (primary N) is 1. The van der Waals surface area contributed by atoms with E-state index >= 15 is 0 Å². The number of hydrogen-bond acceptors (Lipinski definition) is 9. The van der Waals surface area contributed by atoms with Gasteiger partial charge in [0.25, 0.3) is 0 Å². The normalized spacial score (nSPS) is 27.3. The molecule has 4 atom stereocenters. The predicted molar refractivity (Wildman–Crippen MR) is 82.6 cm³/mol. The zero-order chi connectivity index (χ0) is 16.6. The van der Waals surface area contributed by atoms with E-state index in [9.17, 15) is 15.0 Å². The molecule has 1 amide bonds. The van der Waals surface area contributed by atoms with Crippen LogP contribution in [0.4, 0.5) is 10.6 Å². The maximum atomic E-state index is 11.1. The first kappa shape index (κ1) is 15.8. The van der Waals surface area contributed by atoms with E-state index in [0.29, 0.717) is 11.2 Å². The maximum Gasteiger partial charge on any atom is 0.406 e. The van der Waals surface area contributed by atoms with Gasteiger partial charge < -0.3 is 26.0 Å². The summed E-state index contributed by atoms with van der Waals surface area (Å²) in [4.78, 5) is 23.3. The van der Waals surface area contributed by atoms with Gasteiger partial charge in [-0.05, 0) is 0 Å². The third-order valence-corrected chi connectivity index (χ3v) is 5.13. The van der Waals surface area contributed by atoms with Crippen LogP contribution in [0.25, 0.3) is 11.2 Å². The summed E-state index contributed by atoms with van der Waals surface area (Å²) < 4.78 is 6.58. The van der Waals surface area contributed by atoms with Crippen LogP contribution in [0.15, 0.2) is 12.7 Å². The average molecular weight is 340 g/mol. The van der Waals surface area contributed by atoms with Crippen LogP contribution in [-0.4, -0.2) is 66.9 Å². The second-order valence-electron chi connectivity index (χ2n) is 4.98. The Morgan fingerprint density at radius 2 is 2.22 bits per heavy atom. The zero-order valence-electron chi connectivity index (χ0n) is 12.2. The predicted octanol–water partition coefficient (Wildman–Crippen LogP) is -0.900. The number of ether oxygens (including phenoxy) is 1. The van der Waals surface area contributed by atoms with Gasteiger partial charge in [0, 0.05) is 7.05 Å². The summed E-state index contributed by atoms with van der Waals surface area (Å²) in [6.07, 6.45) is 0.0953. The Morgan fingerprint density at radius 1 is 1.43 bits per heavy atom. The van der Waals surface area contributed by atoms with Gasteiger partial charge in [-0.25, -0.2) is 19.7 Å². The van der Waals surface area contributed by atoms with Crippen LogP contribution in [0, 0.1) is 0 Å². The molecular formula is C12H16N6O4S. The van der Waals surface area contributed by atoms with Crippen LogP contribution in [0.3, 0.4) is 0 Å². The SMILES string of the molecule is CNC(=O)OC[C@H]1S[C@@H](n2cnc3c(N)ncnc32)[C@H](O)[C@@H]1O. The molecule has 0 aliphatic carbocycles. The van der Waals surface area contributed by atoms with Gasteiger partial charge in [0.05, 0.1) is 17.7 Å². The summed E-state index contributed by atoms with van der Waals surface area (Å²) in [5.74, 6) is 0.242. The molecule has 0 radical (unpaired) electrons. The highest BCUT2D eigenvalue weighted by Gasteiger charge is 2.44. The second-order valence-corrected chi connectivity index (χ2v) is 6.34. The number of nitrogens with one attached hydrogen (secondary N) is 1. The minimum atomic E-state index is -1.06. The molecule has 2 aromatic heterocycles. The Labute approximate surface area is 135 Å². The Balaban J connectivity index is 1.82. The molecule has 3 rings (SSSR count). The van der Waals surface area contributed by atoms with Crippen molar-refractivity contribution < 1.29 is 19.7 Å². The number of nitrogen functional groups attached to an aromatic ring is 1. The van der Waals surface area contributed by atoms with Gasteiger partial charge in [-0.2, -0.15) is 0 Å². The summed E-state index contributed by atoms with van der Waals surface area (Å²) >= 11 is 1.27. The van der Waals surface area contributed by atoms with Crippen molar-refractivity contribution in [2.45, 2.75) is 22.8 Å². The van der Waals surface area contributed by atoms with Gasteiger partial charge in [-0.1, -0.05) is 0 Å². The molecule has 0 unspecified atom stereocenters. The van der Waals surface area contributed by atoms with Crippen LogP contribution < -0.4 is 11.1 Å². The third kappa shape index (κ3) is 2.78. The van der Waals surface area contributed by atoms with Crippen molar-refractivity contribution in [2.24, 2.45) is 0 Å². The molecule has 0 spiro atoms. The number of imidazole rings is 1. The van der Waals surface area contributed by atoms with Crippen molar-refractivity contribution in [1.82, 2.24) is 24.8 Å². The maximum absolute atomic E-state index is 11.1. The topological polar surface area (TPSA) is 148 Å². The summed E-state index contributed by atoms with van der Waals surface area (Å²) in [6.45, 7) is -0.0250. The molecule has 1 fully saturated rings. The van der Waals surface area contributed by atoms with Crippen molar-refractivity contribution in [2.75, 3.05) is 19.4 Å². The number of rotatable bonds is 3. The molecule has 1 saturated heterocycles. The van der Waals surface area contributed by atoms with E-state index in [4.69, 9.17) is 10.5 Å². The fourth-order valence-corrected chi connectivity index (χ4v) is 3.82. The van der Waals surface area contributed by atoms with Crippen molar-refractivity contribution in [1.29, 1.82) is 0 Å². The zero-order valence-corrected chi connectivity index (χ0v) is 13.0. The van der Waals surface area contributed by atoms with Crippen LogP contribution in [-0.2, 0) is 4.74 Å². The number of aliphatic hydroxyl groups is 2. The summed E-state index contributed by atoms with van der Waals surface area (Å²) in [5, 5.41) is 21.8. The number of carbonyl (C=O) groups excluding carboxylic acids is 1. The van der Waals surface area contributed by atoms with E-state index in [2.05, 4.69) is 20.3 Å². The molecule has 10 nitrogen and oxygen atoms in total. The quantitative estimate of drug-likeness (QED) is 0.557. The highest BCUT2D eigenvalue weighted by atomic mass is 32.2. The monoisotopic (exact) mass is 340 g/mol. The largest absolute Gasteiger partial charge is 0.448 e. The van der Waals surface area contributed by atoms with Crippen molar-refractivity contribution in [3.63, 3.8) is 0 Å². The standard InChI is InChI=1S/C12H16N6O4S/c1-14-12(21)22-2-5-7(19)8(20)11(23-5)18-4-17-6-9(13)15-3-16-10(6)18/h3-5,7-8,11,19-20H,2H2,1H3,(H,14,21)(H2,13,15,16)/t5-,7-,8-,11-/m1/s1. The molecule has 11 heteroatoms. The lowest BCUT2D eigenvalue weighted by Crippen LogP contribution is -2.34. The summed E-state index contributed by atoms with van der Waals surface area (Å²) in [5.41, 5.74) is 6.64. The van der Waals surface area contributed by atoms with Gasteiger partial charge in [0.1, 0.15) is 29.9 Å². The third-order valence-electron chi connectivity index (χ3n) is 3.58. The fourth-order valence-electron chi connectivity index (χ4n) is 2.38. The number of carbonyl (C=O) groups is 1. The molecule has 2 aromatic rings. The lowest BCUT2D eigenvalue weighted by atomic mass is 10.1. The van der Waals surface area contributed by atoms with Crippen molar-refractivity contribution in [3.05, 3.63) is 12.7 Å². The summed E-state index contributed by atoms with van der Waals surface area (Å²) in [6, 6.07) is 0. The van der Waals surface area contributed by atoms with E-state index in [0.717, 1.165) is 0 Å².